The first-order valence-corrected chi connectivity index (χ1v) is 5.05. The van der Waals surface area contributed by atoms with Crippen LogP contribution in [-0.4, -0.2) is 40.3 Å². The molecule has 0 fully saturated rings. The van der Waals surface area contributed by atoms with Crippen molar-refractivity contribution in [2.75, 3.05) is 35.4 Å². The molecule has 0 radical (unpaired) electrons. The molecule has 0 bridgehead atoms. The monoisotopic (exact) mass is 225 g/mol. The van der Waals surface area contributed by atoms with Gasteiger partial charge in [0.2, 0.25) is 0 Å². The molecule has 1 aromatic rings. The van der Waals surface area contributed by atoms with Crippen molar-refractivity contribution in [2.45, 2.75) is 6.23 Å². The first kappa shape index (κ1) is 12.8. The Labute approximate surface area is 96.7 Å². The Kier molecular flexibility index (Phi) is 4.58. The van der Waals surface area contributed by atoms with Crippen LogP contribution < -0.4 is 9.47 Å². The smallest absolute Gasteiger partial charge is 0.161 e. The van der Waals surface area contributed by atoms with Gasteiger partial charge in [-0.3, -0.25) is 4.90 Å². The highest BCUT2D eigenvalue weighted by atomic mass is 16.5. The average molecular weight is 225 g/mol. The van der Waals surface area contributed by atoms with E-state index in [9.17, 15) is 0 Å². The SMILES string of the molecule is COc1ccc(C(OC)N(C)C)cc1OC. The molecular weight excluding hydrogens is 206 g/mol. The van der Waals surface area contributed by atoms with Crippen LogP contribution in [-0.2, 0) is 4.74 Å². The van der Waals surface area contributed by atoms with Crippen molar-refractivity contribution in [2.24, 2.45) is 0 Å². The van der Waals surface area contributed by atoms with E-state index in [0.717, 1.165) is 11.3 Å². The van der Waals surface area contributed by atoms with Crippen LogP contribution >= 0.6 is 0 Å². The predicted molar refractivity (Wildman–Crippen MR) is 63.0 cm³/mol. The van der Waals surface area contributed by atoms with Gasteiger partial charge in [-0.15, -0.1) is 0 Å². The van der Waals surface area contributed by atoms with Crippen molar-refractivity contribution in [3.05, 3.63) is 23.8 Å². The zero-order valence-corrected chi connectivity index (χ0v) is 10.5. The van der Waals surface area contributed by atoms with Gasteiger partial charge in [-0.1, -0.05) is 6.07 Å². The molecular formula is C12H19NO3. The van der Waals surface area contributed by atoms with Crippen LogP contribution in [0.3, 0.4) is 0 Å². The van der Waals surface area contributed by atoms with E-state index in [4.69, 9.17) is 14.2 Å². The highest BCUT2D eigenvalue weighted by Crippen LogP contribution is 2.31. The molecule has 0 aliphatic carbocycles. The van der Waals surface area contributed by atoms with Crippen LogP contribution in [0.15, 0.2) is 18.2 Å². The minimum absolute atomic E-state index is 0.0835. The zero-order valence-electron chi connectivity index (χ0n) is 10.5. The second-order valence-electron chi connectivity index (χ2n) is 3.67. The minimum Gasteiger partial charge on any atom is -0.493 e. The van der Waals surface area contributed by atoms with E-state index in [0.29, 0.717) is 5.75 Å². The highest BCUT2D eigenvalue weighted by molar-refractivity contribution is 5.43. The second-order valence-corrected chi connectivity index (χ2v) is 3.67. The van der Waals surface area contributed by atoms with E-state index in [1.807, 2.05) is 37.2 Å². The molecule has 0 aromatic heterocycles. The van der Waals surface area contributed by atoms with Gasteiger partial charge in [0, 0.05) is 7.11 Å². The summed E-state index contributed by atoms with van der Waals surface area (Å²) in [6.07, 6.45) is -0.0835. The quantitative estimate of drug-likeness (QED) is 0.716. The van der Waals surface area contributed by atoms with Crippen molar-refractivity contribution >= 4 is 0 Å². The lowest BCUT2D eigenvalue weighted by atomic mass is 10.1. The van der Waals surface area contributed by atoms with Crippen molar-refractivity contribution in [3.8, 4) is 11.5 Å². The molecule has 1 atom stereocenters. The minimum atomic E-state index is -0.0835. The summed E-state index contributed by atoms with van der Waals surface area (Å²) in [6.45, 7) is 0. The largest absolute Gasteiger partial charge is 0.493 e. The number of hydrogen-bond acceptors (Lipinski definition) is 4. The highest BCUT2D eigenvalue weighted by Gasteiger charge is 2.15. The first-order valence-electron chi connectivity index (χ1n) is 5.05. The molecule has 90 valence electrons. The van der Waals surface area contributed by atoms with Gasteiger partial charge in [-0.25, -0.2) is 0 Å². The fourth-order valence-corrected chi connectivity index (χ4v) is 1.65. The fourth-order valence-electron chi connectivity index (χ4n) is 1.65. The maximum atomic E-state index is 5.40. The second kappa shape index (κ2) is 5.72. The number of rotatable bonds is 5. The lowest BCUT2D eigenvalue weighted by molar-refractivity contribution is -0.00555. The van der Waals surface area contributed by atoms with Crippen LogP contribution in [0.25, 0.3) is 0 Å². The number of nitrogens with zero attached hydrogens (tertiary/aromatic N) is 1. The van der Waals surface area contributed by atoms with Gasteiger partial charge in [-0.2, -0.15) is 0 Å². The van der Waals surface area contributed by atoms with Gasteiger partial charge < -0.3 is 14.2 Å². The van der Waals surface area contributed by atoms with E-state index < -0.39 is 0 Å². The van der Waals surface area contributed by atoms with Crippen LogP contribution in [0, 0.1) is 0 Å². The van der Waals surface area contributed by atoms with E-state index in [1.54, 1.807) is 21.3 Å². The average Bonchev–Trinajstić information content (AvgIpc) is 2.29. The van der Waals surface area contributed by atoms with Crippen LogP contribution in [0.4, 0.5) is 0 Å². The zero-order chi connectivity index (χ0) is 12.1. The Bertz CT molecular complexity index is 339. The summed E-state index contributed by atoms with van der Waals surface area (Å²) in [7, 11) is 8.85. The third-order valence-electron chi connectivity index (χ3n) is 2.39. The molecule has 4 heteroatoms. The third-order valence-corrected chi connectivity index (χ3v) is 2.39. The molecule has 0 saturated carbocycles. The van der Waals surface area contributed by atoms with Gasteiger partial charge in [0.05, 0.1) is 14.2 Å². The number of benzene rings is 1. The molecule has 0 spiro atoms. The summed E-state index contributed by atoms with van der Waals surface area (Å²) in [6, 6.07) is 5.77. The lowest BCUT2D eigenvalue weighted by Crippen LogP contribution is -2.21. The number of ether oxygens (including phenoxy) is 3. The van der Waals surface area contributed by atoms with Gasteiger partial charge >= 0.3 is 0 Å². The Morgan fingerprint density at radius 1 is 1.00 bits per heavy atom. The topological polar surface area (TPSA) is 30.9 Å². The molecule has 0 aliphatic rings. The van der Waals surface area contributed by atoms with Gasteiger partial charge in [-0.05, 0) is 31.8 Å². The van der Waals surface area contributed by atoms with Gasteiger partial charge in [0.25, 0.3) is 0 Å². The first-order chi connectivity index (χ1) is 7.63. The third kappa shape index (κ3) is 2.65. The Hall–Kier alpha value is -1.26. The summed E-state index contributed by atoms with van der Waals surface area (Å²) < 4.78 is 15.8. The van der Waals surface area contributed by atoms with E-state index in [2.05, 4.69) is 0 Å². The molecule has 0 N–H and O–H groups in total. The molecule has 0 saturated heterocycles. The molecule has 16 heavy (non-hydrogen) atoms. The standard InChI is InChI=1S/C12H19NO3/c1-13(2)12(16-5)9-6-7-10(14-3)11(8-9)15-4/h6-8,12H,1-5H3. The Balaban J connectivity index is 3.06. The van der Waals surface area contributed by atoms with Gasteiger partial charge in [0.1, 0.15) is 6.23 Å². The normalized spacial score (nSPS) is 12.6. The van der Waals surface area contributed by atoms with Crippen LogP contribution in [0.2, 0.25) is 0 Å². The molecule has 4 nitrogen and oxygen atoms in total. The van der Waals surface area contributed by atoms with E-state index in [-0.39, 0.29) is 6.23 Å². The van der Waals surface area contributed by atoms with Crippen molar-refractivity contribution in [1.29, 1.82) is 0 Å². The summed E-state index contributed by atoms with van der Waals surface area (Å²) in [5.41, 5.74) is 1.03. The summed E-state index contributed by atoms with van der Waals surface area (Å²) in [4.78, 5) is 1.99. The van der Waals surface area contributed by atoms with E-state index >= 15 is 0 Å². The Morgan fingerprint density at radius 2 is 1.62 bits per heavy atom. The maximum absolute atomic E-state index is 5.40. The fraction of sp³-hybridized carbons (Fsp3) is 0.500. The summed E-state index contributed by atoms with van der Waals surface area (Å²) in [5, 5.41) is 0. The molecule has 1 rings (SSSR count). The summed E-state index contributed by atoms with van der Waals surface area (Å²) in [5.74, 6) is 1.43. The molecule has 0 amide bonds. The lowest BCUT2D eigenvalue weighted by Gasteiger charge is -2.23. The molecule has 0 aliphatic heterocycles. The van der Waals surface area contributed by atoms with Gasteiger partial charge in [0.15, 0.2) is 11.5 Å². The van der Waals surface area contributed by atoms with Crippen LogP contribution in [0.5, 0.6) is 11.5 Å². The maximum Gasteiger partial charge on any atom is 0.161 e. The van der Waals surface area contributed by atoms with E-state index in [1.165, 1.54) is 0 Å². The van der Waals surface area contributed by atoms with Crippen molar-refractivity contribution in [1.82, 2.24) is 4.90 Å². The van der Waals surface area contributed by atoms with Crippen molar-refractivity contribution < 1.29 is 14.2 Å². The molecule has 1 unspecified atom stereocenters. The van der Waals surface area contributed by atoms with Crippen LogP contribution in [0.1, 0.15) is 11.8 Å². The Morgan fingerprint density at radius 3 is 2.06 bits per heavy atom. The van der Waals surface area contributed by atoms with Crippen molar-refractivity contribution in [3.63, 3.8) is 0 Å². The molecule has 0 heterocycles. The molecule has 1 aromatic carbocycles. The summed E-state index contributed by atoms with van der Waals surface area (Å²) >= 11 is 0. The predicted octanol–water partition coefficient (Wildman–Crippen LogP) is 1.91. The number of methoxy groups -OCH3 is 3. The number of hydrogen-bond donors (Lipinski definition) is 0.